The Bertz CT molecular complexity index is 1020. The molecule has 0 spiro atoms. The topological polar surface area (TPSA) is 55.4 Å². The lowest BCUT2D eigenvalue weighted by Crippen LogP contribution is -2.19. The van der Waals surface area contributed by atoms with Gasteiger partial charge in [0.2, 0.25) is 5.91 Å². The average molecular weight is 462 g/mol. The van der Waals surface area contributed by atoms with Crippen molar-refractivity contribution < 1.29 is 14.3 Å². The van der Waals surface area contributed by atoms with Crippen molar-refractivity contribution >= 4 is 17.6 Å². The zero-order valence-corrected chi connectivity index (χ0v) is 21.5. The number of carbonyl (C=O) groups excluding carboxylic acids is 2. The van der Waals surface area contributed by atoms with Crippen molar-refractivity contribution in [3.63, 3.8) is 0 Å². The van der Waals surface area contributed by atoms with Crippen molar-refractivity contribution in [3.05, 3.63) is 83.0 Å². The Morgan fingerprint density at radius 3 is 2.44 bits per heavy atom. The summed E-state index contributed by atoms with van der Waals surface area (Å²) in [4.78, 5) is 23.9. The van der Waals surface area contributed by atoms with E-state index in [9.17, 15) is 9.59 Å². The SMILES string of the molecule is CCCC(=O)Oc1ccc(NC(=O)/C=C(C)/C=C/C=C(C)\C=C\C2=C(C)CCCC2(C)C)cc1. The molecule has 0 fully saturated rings. The minimum Gasteiger partial charge on any atom is -0.427 e. The van der Waals surface area contributed by atoms with Gasteiger partial charge >= 0.3 is 5.97 Å². The van der Waals surface area contributed by atoms with Crippen LogP contribution in [0.4, 0.5) is 5.69 Å². The highest BCUT2D eigenvalue weighted by molar-refractivity contribution is 6.00. The Balaban J connectivity index is 1.91. The third kappa shape index (κ3) is 9.01. The van der Waals surface area contributed by atoms with Crippen LogP contribution in [0.15, 0.2) is 83.0 Å². The molecule has 1 aromatic carbocycles. The Hall–Kier alpha value is -3.14. The highest BCUT2D eigenvalue weighted by Gasteiger charge is 2.26. The fourth-order valence-corrected chi connectivity index (χ4v) is 4.06. The Morgan fingerprint density at radius 2 is 1.79 bits per heavy atom. The van der Waals surface area contributed by atoms with E-state index in [0.717, 1.165) is 17.6 Å². The number of carbonyl (C=O) groups is 2. The van der Waals surface area contributed by atoms with Gasteiger partial charge < -0.3 is 10.1 Å². The fraction of sp³-hybridized carbons (Fsp3) is 0.400. The van der Waals surface area contributed by atoms with Crippen LogP contribution in [-0.2, 0) is 9.59 Å². The third-order valence-corrected chi connectivity index (χ3v) is 5.94. The smallest absolute Gasteiger partial charge is 0.311 e. The van der Waals surface area contributed by atoms with Crippen LogP contribution < -0.4 is 10.1 Å². The average Bonchev–Trinajstić information content (AvgIpc) is 2.74. The molecule has 1 N–H and O–H groups in total. The summed E-state index contributed by atoms with van der Waals surface area (Å²) in [6, 6.07) is 6.78. The molecule has 0 saturated carbocycles. The molecule has 4 heteroatoms. The van der Waals surface area contributed by atoms with Crippen molar-refractivity contribution in [2.24, 2.45) is 5.41 Å². The van der Waals surface area contributed by atoms with Gasteiger partial charge in [0.05, 0.1) is 0 Å². The normalized spacial score (nSPS) is 16.9. The molecule has 0 atom stereocenters. The zero-order chi connectivity index (χ0) is 25.1. The molecule has 2 rings (SSSR count). The number of ether oxygens (including phenoxy) is 1. The van der Waals surface area contributed by atoms with Gasteiger partial charge in [0.25, 0.3) is 0 Å². The standard InChI is InChI=1S/C30H39NO3/c1-7-10-29(33)34-26-17-15-25(16-18-26)31-28(32)21-23(3)12-8-11-22(2)14-19-27-24(4)13-9-20-30(27,5)6/h8,11-12,14-19,21H,7,9-10,13,20H2,1-6H3,(H,31,32)/b12-8+,19-14+,22-11-,23-21+. The minimum atomic E-state index is -0.255. The van der Waals surface area contributed by atoms with Gasteiger partial charge in [-0.25, -0.2) is 0 Å². The molecule has 0 unspecified atom stereocenters. The van der Waals surface area contributed by atoms with E-state index in [1.807, 2.05) is 26.0 Å². The van der Waals surface area contributed by atoms with Crippen LogP contribution in [0.3, 0.4) is 0 Å². The fourth-order valence-electron chi connectivity index (χ4n) is 4.06. The Morgan fingerprint density at radius 1 is 1.09 bits per heavy atom. The molecule has 0 saturated heterocycles. The number of hydrogen-bond donors (Lipinski definition) is 1. The second-order valence-corrected chi connectivity index (χ2v) is 9.66. The molecule has 0 aromatic heterocycles. The van der Waals surface area contributed by atoms with Crippen LogP contribution in [0.5, 0.6) is 5.75 Å². The number of amides is 1. The first-order valence-corrected chi connectivity index (χ1v) is 12.1. The van der Waals surface area contributed by atoms with E-state index < -0.39 is 0 Å². The van der Waals surface area contributed by atoms with E-state index in [1.54, 1.807) is 30.3 Å². The Labute approximate surface area is 205 Å². The van der Waals surface area contributed by atoms with Crippen molar-refractivity contribution in [3.8, 4) is 5.75 Å². The van der Waals surface area contributed by atoms with Crippen molar-refractivity contribution in [1.29, 1.82) is 0 Å². The molecule has 4 nitrogen and oxygen atoms in total. The number of esters is 1. The molecule has 0 heterocycles. The first-order valence-electron chi connectivity index (χ1n) is 12.1. The first-order chi connectivity index (χ1) is 16.1. The summed E-state index contributed by atoms with van der Waals surface area (Å²) in [6.07, 6.45) is 16.8. The molecule has 1 aliphatic rings. The van der Waals surface area contributed by atoms with E-state index in [4.69, 9.17) is 4.74 Å². The predicted octanol–water partition coefficient (Wildman–Crippen LogP) is 7.86. The molecule has 1 aliphatic carbocycles. The maximum absolute atomic E-state index is 12.3. The zero-order valence-electron chi connectivity index (χ0n) is 21.5. The number of anilines is 1. The minimum absolute atomic E-state index is 0.208. The van der Waals surface area contributed by atoms with E-state index in [0.29, 0.717) is 17.9 Å². The summed E-state index contributed by atoms with van der Waals surface area (Å²) in [6.45, 7) is 12.8. The molecule has 0 bridgehead atoms. The maximum atomic E-state index is 12.3. The van der Waals surface area contributed by atoms with Gasteiger partial charge in [-0.15, -0.1) is 0 Å². The summed E-state index contributed by atoms with van der Waals surface area (Å²) >= 11 is 0. The van der Waals surface area contributed by atoms with Crippen molar-refractivity contribution in [2.75, 3.05) is 5.32 Å². The number of rotatable bonds is 9. The van der Waals surface area contributed by atoms with Crippen LogP contribution in [0, 0.1) is 5.41 Å². The van der Waals surface area contributed by atoms with E-state index in [-0.39, 0.29) is 17.3 Å². The van der Waals surface area contributed by atoms with Gasteiger partial charge in [-0.05, 0) is 87.3 Å². The summed E-state index contributed by atoms with van der Waals surface area (Å²) < 4.78 is 5.22. The molecule has 34 heavy (non-hydrogen) atoms. The lowest BCUT2D eigenvalue weighted by molar-refractivity contribution is -0.134. The molecule has 182 valence electrons. The van der Waals surface area contributed by atoms with Crippen LogP contribution >= 0.6 is 0 Å². The largest absolute Gasteiger partial charge is 0.427 e. The summed E-state index contributed by atoms with van der Waals surface area (Å²) in [7, 11) is 0. The van der Waals surface area contributed by atoms with Gasteiger partial charge in [0.1, 0.15) is 5.75 Å². The summed E-state index contributed by atoms with van der Waals surface area (Å²) in [5.41, 5.74) is 5.84. The quantitative estimate of drug-likeness (QED) is 0.176. The molecule has 0 radical (unpaired) electrons. The lowest BCUT2D eigenvalue weighted by Gasteiger charge is -2.32. The molecule has 1 amide bonds. The monoisotopic (exact) mass is 461 g/mol. The van der Waals surface area contributed by atoms with E-state index in [2.05, 4.69) is 51.2 Å². The van der Waals surface area contributed by atoms with Crippen molar-refractivity contribution in [2.45, 2.75) is 73.6 Å². The summed E-state index contributed by atoms with van der Waals surface area (Å²) in [5.74, 6) is 0.00987. The van der Waals surface area contributed by atoms with E-state index >= 15 is 0 Å². The van der Waals surface area contributed by atoms with Gasteiger partial charge in [0, 0.05) is 18.2 Å². The van der Waals surface area contributed by atoms with Gasteiger partial charge in [-0.3, -0.25) is 9.59 Å². The number of allylic oxidation sites excluding steroid dienone is 9. The van der Waals surface area contributed by atoms with Crippen LogP contribution in [0.1, 0.15) is 73.6 Å². The van der Waals surface area contributed by atoms with Crippen LogP contribution in [-0.4, -0.2) is 11.9 Å². The van der Waals surface area contributed by atoms with Gasteiger partial charge in [-0.1, -0.05) is 62.3 Å². The lowest BCUT2D eigenvalue weighted by atomic mass is 9.72. The number of nitrogens with one attached hydrogen (secondary N) is 1. The highest BCUT2D eigenvalue weighted by Crippen LogP contribution is 2.40. The highest BCUT2D eigenvalue weighted by atomic mass is 16.5. The second-order valence-electron chi connectivity index (χ2n) is 9.66. The molecule has 1 aromatic rings. The molecular weight excluding hydrogens is 422 g/mol. The second kappa shape index (κ2) is 12.9. The number of benzene rings is 1. The third-order valence-electron chi connectivity index (χ3n) is 5.94. The first kappa shape index (κ1) is 27.1. The molecule has 0 aliphatic heterocycles. The Kier molecular flexibility index (Phi) is 10.3. The van der Waals surface area contributed by atoms with Gasteiger partial charge in [0.15, 0.2) is 0 Å². The van der Waals surface area contributed by atoms with Crippen LogP contribution in [0.25, 0.3) is 0 Å². The summed E-state index contributed by atoms with van der Waals surface area (Å²) in [5, 5.41) is 2.82. The maximum Gasteiger partial charge on any atom is 0.311 e. The number of hydrogen-bond acceptors (Lipinski definition) is 3. The van der Waals surface area contributed by atoms with Gasteiger partial charge in [-0.2, -0.15) is 0 Å². The molecular formula is C30H39NO3. The van der Waals surface area contributed by atoms with Crippen molar-refractivity contribution in [1.82, 2.24) is 0 Å². The predicted molar refractivity (Wildman–Crippen MR) is 142 cm³/mol. The van der Waals surface area contributed by atoms with Crippen LogP contribution in [0.2, 0.25) is 0 Å². The van der Waals surface area contributed by atoms with E-state index in [1.165, 1.54) is 30.4 Å².